The van der Waals surface area contributed by atoms with Gasteiger partial charge in [-0.25, -0.2) is 0 Å². The first-order chi connectivity index (χ1) is 12.7. The first kappa shape index (κ1) is 20.0. The van der Waals surface area contributed by atoms with Gasteiger partial charge < -0.3 is 0 Å². The van der Waals surface area contributed by atoms with Crippen molar-refractivity contribution < 1.29 is 0 Å². The van der Waals surface area contributed by atoms with E-state index in [-0.39, 0.29) is 0 Å². The molecule has 0 amide bonds. The van der Waals surface area contributed by atoms with E-state index >= 15 is 0 Å². The SMILES string of the molecule is Brc1c(C#CCC2CCCCC2)ccc(C#CCC2CCCCC2)c1Br. The number of halogens is 2. The van der Waals surface area contributed by atoms with Gasteiger partial charge in [0.2, 0.25) is 0 Å². The monoisotopic (exact) mass is 474 g/mol. The van der Waals surface area contributed by atoms with Crippen molar-refractivity contribution in [2.24, 2.45) is 11.8 Å². The fourth-order valence-corrected chi connectivity index (χ4v) is 5.00. The predicted octanol–water partition coefficient (Wildman–Crippen LogP) is 7.86. The molecule has 0 radical (unpaired) electrons. The Morgan fingerprint density at radius 3 is 1.42 bits per heavy atom. The Hall–Kier alpha value is -0.700. The third-order valence-electron chi connectivity index (χ3n) is 5.76. The van der Waals surface area contributed by atoms with Crippen molar-refractivity contribution in [2.45, 2.75) is 77.0 Å². The van der Waals surface area contributed by atoms with E-state index in [0.29, 0.717) is 0 Å². The zero-order valence-electron chi connectivity index (χ0n) is 15.6. The maximum Gasteiger partial charge on any atom is 0.0486 e. The molecule has 0 heterocycles. The largest absolute Gasteiger partial charge is 0.0976 e. The molecule has 2 aliphatic rings. The fraction of sp³-hybridized carbons (Fsp3) is 0.583. The molecule has 0 atom stereocenters. The standard InChI is InChI=1S/C24H28Br2/c25-23-21(15-7-13-19-9-3-1-4-10-19)17-18-22(24(23)26)16-8-14-20-11-5-2-6-12-20/h17-20H,1-6,9-14H2. The lowest BCUT2D eigenvalue weighted by atomic mass is 9.87. The summed E-state index contributed by atoms with van der Waals surface area (Å²) >= 11 is 7.42. The van der Waals surface area contributed by atoms with Crippen molar-refractivity contribution in [1.29, 1.82) is 0 Å². The van der Waals surface area contributed by atoms with E-state index in [0.717, 1.165) is 44.7 Å². The molecule has 2 aliphatic carbocycles. The van der Waals surface area contributed by atoms with Crippen molar-refractivity contribution in [3.8, 4) is 23.7 Å². The first-order valence-corrected chi connectivity index (χ1v) is 11.8. The second-order valence-electron chi connectivity index (χ2n) is 7.81. The van der Waals surface area contributed by atoms with Gasteiger partial charge >= 0.3 is 0 Å². The summed E-state index contributed by atoms with van der Waals surface area (Å²) in [6.45, 7) is 0. The topological polar surface area (TPSA) is 0 Å². The second kappa shape index (κ2) is 10.6. The molecule has 138 valence electrons. The minimum Gasteiger partial charge on any atom is -0.0976 e. The van der Waals surface area contributed by atoms with E-state index in [4.69, 9.17) is 0 Å². The average molecular weight is 476 g/mol. The van der Waals surface area contributed by atoms with Gasteiger partial charge in [0.15, 0.2) is 0 Å². The van der Waals surface area contributed by atoms with Crippen molar-refractivity contribution in [2.75, 3.05) is 0 Å². The maximum absolute atomic E-state index is 3.71. The summed E-state index contributed by atoms with van der Waals surface area (Å²) in [6, 6.07) is 4.21. The molecule has 2 fully saturated rings. The van der Waals surface area contributed by atoms with E-state index in [1.807, 2.05) is 0 Å². The van der Waals surface area contributed by atoms with Crippen molar-refractivity contribution in [1.82, 2.24) is 0 Å². The van der Waals surface area contributed by atoms with Crippen LogP contribution in [0.2, 0.25) is 0 Å². The molecular formula is C24H28Br2. The van der Waals surface area contributed by atoms with Gasteiger partial charge in [-0.3, -0.25) is 0 Å². The summed E-state index contributed by atoms with van der Waals surface area (Å²) in [5.41, 5.74) is 2.12. The van der Waals surface area contributed by atoms with Crippen LogP contribution in [0, 0.1) is 35.5 Å². The molecular weight excluding hydrogens is 448 g/mol. The predicted molar refractivity (Wildman–Crippen MR) is 118 cm³/mol. The Balaban J connectivity index is 1.61. The van der Waals surface area contributed by atoms with Crippen LogP contribution in [0.3, 0.4) is 0 Å². The molecule has 0 aliphatic heterocycles. The van der Waals surface area contributed by atoms with Crippen LogP contribution in [0.15, 0.2) is 21.1 Å². The van der Waals surface area contributed by atoms with Gasteiger partial charge in [0, 0.05) is 32.9 Å². The van der Waals surface area contributed by atoms with Gasteiger partial charge in [-0.15, -0.1) is 0 Å². The molecule has 0 unspecified atom stereocenters. The summed E-state index contributed by atoms with van der Waals surface area (Å²) in [7, 11) is 0. The molecule has 1 aromatic carbocycles. The molecule has 0 nitrogen and oxygen atoms in total. The lowest BCUT2D eigenvalue weighted by Crippen LogP contribution is -2.04. The highest BCUT2D eigenvalue weighted by molar-refractivity contribution is 9.13. The van der Waals surface area contributed by atoms with Crippen LogP contribution in [0.4, 0.5) is 0 Å². The van der Waals surface area contributed by atoms with E-state index in [1.165, 1.54) is 64.2 Å². The first-order valence-electron chi connectivity index (χ1n) is 10.2. The molecule has 1 aromatic rings. The molecule has 0 saturated heterocycles. The Morgan fingerprint density at radius 1 is 0.654 bits per heavy atom. The van der Waals surface area contributed by atoms with Crippen molar-refractivity contribution >= 4 is 31.9 Å². The summed E-state index contributed by atoms with van der Waals surface area (Å²) in [5.74, 6) is 15.2. The number of hydrogen-bond donors (Lipinski definition) is 0. The lowest BCUT2D eigenvalue weighted by Gasteiger charge is -2.18. The van der Waals surface area contributed by atoms with Gasteiger partial charge in [0.25, 0.3) is 0 Å². The number of hydrogen-bond acceptors (Lipinski definition) is 0. The smallest absolute Gasteiger partial charge is 0.0486 e. The Kier molecular flexibility index (Phi) is 8.16. The fourth-order valence-electron chi connectivity index (χ4n) is 4.11. The quantitative estimate of drug-likeness (QED) is 0.382. The summed E-state index contributed by atoms with van der Waals surface area (Å²) in [5, 5.41) is 0. The Morgan fingerprint density at radius 2 is 1.04 bits per heavy atom. The highest BCUT2D eigenvalue weighted by atomic mass is 79.9. The minimum atomic E-state index is 0.809. The summed E-state index contributed by atoms with van der Waals surface area (Å²) in [6.07, 6.45) is 15.9. The molecule has 26 heavy (non-hydrogen) atoms. The van der Waals surface area contributed by atoms with Crippen LogP contribution < -0.4 is 0 Å². The second-order valence-corrected chi connectivity index (χ2v) is 9.39. The van der Waals surface area contributed by atoms with Crippen LogP contribution in [-0.2, 0) is 0 Å². The van der Waals surface area contributed by atoms with Crippen molar-refractivity contribution in [3.63, 3.8) is 0 Å². The highest BCUT2D eigenvalue weighted by Crippen LogP contribution is 2.31. The molecule has 0 spiro atoms. The summed E-state index contributed by atoms with van der Waals surface area (Å²) < 4.78 is 2.08. The zero-order chi connectivity index (χ0) is 18.2. The zero-order valence-corrected chi connectivity index (χ0v) is 18.7. The van der Waals surface area contributed by atoms with Crippen LogP contribution in [0.1, 0.15) is 88.2 Å². The molecule has 2 heteroatoms. The molecule has 0 bridgehead atoms. The number of rotatable bonds is 2. The van der Waals surface area contributed by atoms with Gasteiger partial charge in [0.05, 0.1) is 0 Å². The highest BCUT2D eigenvalue weighted by Gasteiger charge is 2.13. The van der Waals surface area contributed by atoms with Gasteiger partial charge in [0.1, 0.15) is 0 Å². The van der Waals surface area contributed by atoms with Gasteiger partial charge in [-0.2, -0.15) is 0 Å². The van der Waals surface area contributed by atoms with E-state index < -0.39 is 0 Å². The average Bonchev–Trinajstić information content (AvgIpc) is 2.68. The third kappa shape index (κ3) is 5.90. The summed E-state index contributed by atoms with van der Waals surface area (Å²) in [4.78, 5) is 0. The Labute approximate surface area is 176 Å². The van der Waals surface area contributed by atoms with Crippen LogP contribution in [0.25, 0.3) is 0 Å². The van der Waals surface area contributed by atoms with Crippen LogP contribution >= 0.6 is 31.9 Å². The van der Waals surface area contributed by atoms with Crippen molar-refractivity contribution in [3.05, 3.63) is 32.2 Å². The molecule has 3 rings (SSSR count). The maximum atomic E-state index is 3.71. The van der Waals surface area contributed by atoms with Gasteiger partial charge in [-0.1, -0.05) is 62.2 Å². The number of benzene rings is 1. The normalized spacial score (nSPS) is 18.5. The van der Waals surface area contributed by atoms with E-state index in [9.17, 15) is 0 Å². The van der Waals surface area contributed by atoms with Gasteiger partial charge in [-0.05, 0) is 81.5 Å². The lowest BCUT2D eigenvalue weighted by molar-refractivity contribution is 0.365. The molecule has 2 saturated carbocycles. The molecule has 0 N–H and O–H groups in total. The Bertz CT molecular complexity index is 651. The van der Waals surface area contributed by atoms with Crippen LogP contribution in [-0.4, -0.2) is 0 Å². The third-order valence-corrected chi connectivity index (χ3v) is 7.94. The molecule has 0 aromatic heterocycles. The minimum absolute atomic E-state index is 0.809. The van der Waals surface area contributed by atoms with Crippen LogP contribution in [0.5, 0.6) is 0 Å². The van der Waals surface area contributed by atoms with E-state index in [2.05, 4.69) is 67.7 Å². The van der Waals surface area contributed by atoms with E-state index in [1.54, 1.807) is 0 Å².